The quantitative estimate of drug-likeness (QED) is 0.557. The van der Waals surface area contributed by atoms with Gasteiger partial charge in [0, 0.05) is 0 Å². The molecule has 1 aliphatic heterocycles. The minimum absolute atomic E-state index is 0.552. The summed E-state index contributed by atoms with van der Waals surface area (Å²) in [5.74, 6) is 0.552. The van der Waals surface area contributed by atoms with Gasteiger partial charge in [0.05, 0.1) is 12.5 Å². The second-order valence-electron chi connectivity index (χ2n) is 2.38. The van der Waals surface area contributed by atoms with Crippen molar-refractivity contribution in [2.75, 3.05) is 13.1 Å². The molecule has 9 heavy (non-hydrogen) atoms. The van der Waals surface area contributed by atoms with E-state index in [1.165, 1.54) is 0 Å². The Bertz CT molecular complexity index is 109. The smallest absolute Gasteiger partial charge is 0.0672 e. The van der Waals surface area contributed by atoms with Gasteiger partial charge in [0.25, 0.3) is 0 Å². The molecule has 0 aromatic heterocycles. The third-order valence-corrected chi connectivity index (χ3v) is 1.69. The highest BCUT2D eigenvalue weighted by molar-refractivity contribution is 4.97. The third kappa shape index (κ3) is 2.03. The summed E-state index contributed by atoms with van der Waals surface area (Å²) in [6.07, 6.45) is 4.02. The van der Waals surface area contributed by atoms with Crippen LogP contribution in [0, 0.1) is 23.7 Å². The molecule has 0 aliphatic carbocycles. The summed E-state index contributed by atoms with van der Waals surface area (Å²) in [6.45, 7) is 2.14. The summed E-state index contributed by atoms with van der Waals surface area (Å²) in [6, 6.07) is 2.08. The molecule has 2 nitrogen and oxygen atoms in total. The average molecular weight is 123 g/mol. The Kier molecular flexibility index (Phi) is 2.53. The lowest BCUT2D eigenvalue weighted by Gasteiger charge is -2.18. The molecular formula is C7H11N2. The van der Waals surface area contributed by atoms with E-state index >= 15 is 0 Å². The van der Waals surface area contributed by atoms with E-state index in [-0.39, 0.29) is 0 Å². The monoisotopic (exact) mass is 123 g/mol. The Morgan fingerprint density at radius 2 is 2.11 bits per heavy atom. The maximum Gasteiger partial charge on any atom is 0.0672 e. The van der Waals surface area contributed by atoms with Crippen LogP contribution in [0.4, 0.5) is 0 Å². The molecule has 1 N–H and O–H groups in total. The first kappa shape index (κ1) is 6.57. The molecule has 1 rings (SSSR count). The van der Waals surface area contributed by atoms with Gasteiger partial charge in [0.15, 0.2) is 0 Å². The zero-order valence-corrected chi connectivity index (χ0v) is 5.43. The van der Waals surface area contributed by atoms with E-state index in [4.69, 9.17) is 5.26 Å². The van der Waals surface area contributed by atoms with E-state index in [1.807, 2.05) is 0 Å². The van der Waals surface area contributed by atoms with Crippen LogP contribution >= 0.6 is 0 Å². The SMILES string of the molecule is N#C[CH]C1CCNCC1. The molecule has 1 aliphatic rings. The summed E-state index contributed by atoms with van der Waals surface area (Å²) in [5, 5.41) is 11.5. The zero-order chi connectivity index (χ0) is 6.53. The van der Waals surface area contributed by atoms with E-state index in [1.54, 1.807) is 6.42 Å². The van der Waals surface area contributed by atoms with Crippen molar-refractivity contribution in [3.8, 4) is 6.07 Å². The second kappa shape index (κ2) is 3.47. The van der Waals surface area contributed by atoms with Gasteiger partial charge in [0.2, 0.25) is 0 Å². The van der Waals surface area contributed by atoms with Crippen molar-refractivity contribution >= 4 is 0 Å². The van der Waals surface area contributed by atoms with Crippen molar-refractivity contribution in [3.63, 3.8) is 0 Å². The van der Waals surface area contributed by atoms with Crippen LogP contribution in [-0.4, -0.2) is 13.1 Å². The molecule has 0 saturated carbocycles. The largest absolute Gasteiger partial charge is 0.317 e. The van der Waals surface area contributed by atoms with E-state index in [0.29, 0.717) is 5.92 Å². The topological polar surface area (TPSA) is 35.8 Å². The zero-order valence-electron chi connectivity index (χ0n) is 5.43. The van der Waals surface area contributed by atoms with Crippen LogP contribution < -0.4 is 5.32 Å². The normalized spacial score (nSPS) is 21.2. The molecule has 0 bridgehead atoms. The lowest BCUT2D eigenvalue weighted by molar-refractivity contribution is 0.423. The predicted octanol–water partition coefficient (Wildman–Crippen LogP) is 0.714. The first-order valence-electron chi connectivity index (χ1n) is 3.37. The molecule has 1 radical (unpaired) electrons. The highest BCUT2D eigenvalue weighted by Gasteiger charge is 2.11. The molecule has 2 heteroatoms. The molecule has 0 aromatic carbocycles. The van der Waals surface area contributed by atoms with E-state index in [0.717, 1.165) is 25.9 Å². The van der Waals surface area contributed by atoms with Gasteiger partial charge >= 0.3 is 0 Å². The molecule has 0 amide bonds. The van der Waals surface area contributed by atoms with Gasteiger partial charge in [-0.25, -0.2) is 0 Å². The standard InChI is InChI=1S/C7H11N2/c8-4-1-7-2-5-9-6-3-7/h1,7,9H,2-3,5-6H2. The van der Waals surface area contributed by atoms with E-state index < -0.39 is 0 Å². The highest BCUT2D eigenvalue weighted by Crippen LogP contribution is 2.13. The first-order chi connectivity index (χ1) is 4.43. The molecule has 0 spiro atoms. The van der Waals surface area contributed by atoms with Gasteiger partial charge in [-0.2, -0.15) is 5.26 Å². The van der Waals surface area contributed by atoms with Crippen LogP contribution in [0.15, 0.2) is 0 Å². The number of nitriles is 1. The Morgan fingerprint density at radius 1 is 1.44 bits per heavy atom. The van der Waals surface area contributed by atoms with Crippen LogP contribution in [-0.2, 0) is 0 Å². The Morgan fingerprint density at radius 3 is 2.67 bits per heavy atom. The fourth-order valence-corrected chi connectivity index (χ4v) is 1.12. The van der Waals surface area contributed by atoms with Crippen molar-refractivity contribution in [1.82, 2.24) is 5.32 Å². The molecule has 1 heterocycles. The summed E-state index contributed by atoms with van der Waals surface area (Å²) < 4.78 is 0. The molecule has 0 aromatic rings. The Hall–Kier alpha value is -0.550. The summed E-state index contributed by atoms with van der Waals surface area (Å²) in [7, 11) is 0. The molecule has 0 atom stereocenters. The number of hydrogen-bond donors (Lipinski definition) is 1. The van der Waals surface area contributed by atoms with Crippen molar-refractivity contribution in [1.29, 1.82) is 5.26 Å². The summed E-state index contributed by atoms with van der Waals surface area (Å²) in [5.41, 5.74) is 0. The van der Waals surface area contributed by atoms with E-state index in [2.05, 4.69) is 11.4 Å². The number of hydrogen-bond acceptors (Lipinski definition) is 2. The van der Waals surface area contributed by atoms with Crippen LogP contribution in [0.3, 0.4) is 0 Å². The van der Waals surface area contributed by atoms with Crippen LogP contribution in [0.5, 0.6) is 0 Å². The second-order valence-corrected chi connectivity index (χ2v) is 2.38. The van der Waals surface area contributed by atoms with Crippen molar-refractivity contribution < 1.29 is 0 Å². The van der Waals surface area contributed by atoms with Gasteiger partial charge in [0.1, 0.15) is 0 Å². The van der Waals surface area contributed by atoms with Gasteiger partial charge in [-0.1, -0.05) is 0 Å². The van der Waals surface area contributed by atoms with Gasteiger partial charge < -0.3 is 5.32 Å². The van der Waals surface area contributed by atoms with Gasteiger partial charge in [-0.15, -0.1) is 0 Å². The number of rotatable bonds is 1. The van der Waals surface area contributed by atoms with Crippen molar-refractivity contribution in [2.45, 2.75) is 12.8 Å². The Labute approximate surface area is 55.9 Å². The number of nitrogens with one attached hydrogen (secondary N) is 1. The lowest BCUT2D eigenvalue weighted by atomic mass is 9.96. The minimum atomic E-state index is 0.552. The first-order valence-corrected chi connectivity index (χ1v) is 3.37. The summed E-state index contributed by atoms with van der Waals surface area (Å²) >= 11 is 0. The lowest BCUT2D eigenvalue weighted by Crippen LogP contribution is -2.27. The molecule has 1 saturated heterocycles. The molecule has 1 fully saturated rings. The van der Waals surface area contributed by atoms with Gasteiger partial charge in [-0.05, 0) is 31.8 Å². The third-order valence-electron chi connectivity index (χ3n) is 1.69. The maximum absolute atomic E-state index is 8.29. The fraction of sp³-hybridized carbons (Fsp3) is 0.714. The predicted molar refractivity (Wildman–Crippen MR) is 35.5 cm³/mol. The van der Waals surface area contributed by atoms with Gasteiger partial charge in [-0.3, -0.25) is 0 Å². The van der Waals surface area contributed by atoms with Crippen LogP contribution in [0.1, 0.15) is 12.8 Å². The number of piperidine rings is 1. The summed E-state index contributed by atoms with van der Waals surface area (Å²) in [4.78, 5) is 0. The highest BCUT2D eigenvalue weighted by atomic mass is 14.9. The van der Waals surface area contributed by atoms with Crippen LogP contribution in [0.2, 0.25) is 0 Å². The average Bonchev–Trinajstić information content (AvgIpc) is 1.91. The van der Waals surface area contributed by atoms with Crippen molar-refractivity contribution in [2.24, 2.45) is 5.92 Å². The molecule has 49 valence electrons. The Balaban J connectivity index is 2.17. The fourth-order valence-electron chi connectivity index (χ4n) is 1.12. The van der Waals surface area contributed by atoms with Crippen LogP contribution in [0.25, 0.3) is 0 Å². The van der Waals surface area contributed by atoms with E-state index in [9.17, 15) is 0 Å². The number of nitrogens with zero attached hydrogens (tertiary/aromatic N) is 1. The maximum atomic E-state index is 8.29. The molecular weight excluding hydrogens is 112 g/mol. The molecule has 0 unspecified atom stereocenters. The van der Waals surface area contributed by atoms with Crippen molar-refractivity contribution in [3.05, 3.63) is 6.42 Å². The minimum Gasteiger partial charge on any atom is -0.317 e.